The molecular weight excluding hydrogens is 493 g/mol. The number of benzene rings is 3. The van der Waals surface area contributed by atoms with Gasteiger partial charge >= 0.3 is 0 Å². The first kappa shape index (κ1) is 25.1. The lowest BCUT2D eigenvalue weighted by molar-refractivity contribution is -0.140. The van der Waals surface area contributed by atoms with Crippen molar-refractivity contribution < 1.29 is 38.1 Å². The van der Waals surface area contributed by atoms with Crippen LogP contribution in [0.2, 0.25) is 0 Å². The van der Waals surface area contributed by atoms with Crippen LogP contribution < -0.4 is 14.8 Å². The van der Waals surface area contributed by atoms with Crippen molar-refractivity contribution in [3.8, 4) is 17.2 Å². The van der Waals surface area contributed by atoms with Gasteiger partial charge in [0.15, 0.2) is 17.3 Å². The number of phenolic OH excluding ortho intramolecular Hbond substituents is 1. The molecule has 194 valence electrons. The van der Waals surface area contributed by atoms with E-state index in [4.69, 9.17) is 9.47 Å². The molecule has 0 saturated carbocycles. The Morgan fingerprint density at radius 1 is 1.18 bits per heavy atom. The molecule has 1 amide bonds. The van der Waals surface area contributed by atoms with Crippen LogP contribution in [0.3, 0.4) is 0 Å². The number of aryl methyl sites for hydroxylation is 1. The molecule has 1 unspecified atom stereocenters. The number of rotatable bonds is 5. The molecular formula is C29H24FNO7. The van der Waals surface area contributed by atoms with Gasteiger partial charge in [0.2, 0.25) is 0 Å². The Kier molecular flexibility index (Phi) is 5.82. The van der Waals surface area contributed by atoms with Crippen molar-refractivity contribution in [2.45, 2.75) is 32.7 Å². The fourth-order valence-electron chi connectivity index (χ4n) is 5.37. The first-order chi connectivity index (χ1) is 18.0. The smallest absolute Gasteiger partial charge is 0.259 e. The van der Waals surface area contributed by atoms with Crippen molar-refractivity contribution in [2.24, 2.45) is 5.92 Å². The first-order valence-electron chi connectivity index (χ1n) is 11.9. The number of allylic oxidation sites excluding steroid dienone is 2. The fourth-order valence-corrected chi connectivity index (χ4v) is 5.37. The second-order valence-electron chi connectivity index (χ2n) is 9.61. The molecule has 0 radical (unpaired) electrons. The third-order valence-electron chi connectivity index (χ3n) is 7.35. The summed E-state index contributed by atoms with van der Waals surface area (Å²) < 4.78 is 25.7. The van der Waals surface area contributed by atoms with Crippen molar-refractivity contribution in [2.75, 3.05) is 7.11 Å². The van der Waals surface area contributed by atoms with E-state index in [2.05, 4.69) is 5.32 Å². The predicted octanol–water partition coefficient (Wildman–Crippen LogP) is 3.82. The van der Waals surface area contributed by atoms with Crippen molar-refractivity contribution >= 4 is 34.0 Å². The lowest BCUT2D eigenvalue weighted by atomic mass is 9.67. The SMILES string of the molecule is COc1cc(O)c2c(c1C(=O)NCc1c(C)cc(F)c3ccccc13)OC1=CC(=O)C(C(C)=O)C(=O)[C@]12C. The molecule has 2 atom stereocenters. The Hall–Kier alpha value is -4.53. The van der Waals surface area contributed by atoms with Crippen LogP contribution in [0.5, 0.6) is 17.2 Å². The normalized spacial score (nSPS) is 19.9. The summed E-state index contributed by atoms with van der Waals surface area (Å²) in [6.07, 6.45) is 1.06. The third-order valence-corrected chi connectivity index (χ3v) is 7.35. The maximum absolute atomic E-state index is 14.5. The van der Waals surface area contributed by atoms with Gasteiger partial charge in [0, 0.05) is 24.1 Å². The maximum Gasteiger partial charge on any atom is 0.259 e. The maximum atomic E-state index is 14.5. The van der Waals surface area contributed by atoms with Crippen LogP contribution in [0.1, 0.15) is 40.9 Å². The van der Waals surface area contributed by atoms with Gasteiger partial charge in [0.1, 0.15) is 45.8 Å². The summed E-state index contributed by atoms with van der Waals surface area (Å²) in [5.74, 6) is -5.27. The minimum atomic E-state index is -1.66. The van der Waals surface area contributed by atoms with Gasteiger partial charge in [-0.3, -0.25) is 19.2 Å². The lowest BCUT2D eigenvalue weighted by Gasteiger charge is -2.30. The highest BCUT2D eigenvalue weighted by Gasteiger charge is 2.58. The summed E-state index contributed by atoms with van der Waals surface area (Å²) in [5.41, 5.74) is -0.431. The number of nitrogens with one attached hydrogen (secondary N) is 1. The Morgan fingerprint density at radius 2 is 1.87 bits per heavy atom. The molecule has 2 N–H and O–H groups in total. The Morgan fingerprint density at radius 3 is 2.53 bits per heavy atom. The standard InChI is InChI=1S/C29H24FNO7/c1-13-9-18(30)16-8-6-5-7-15(16)17(13)12-31-28(36)24-21(37-4)10-20(34)25-26(24)38-22-11-19(33)23(14(2)32)27(35)29(22,25)3/h5-11,23,34H,12H2,1-4H3,(H,31,36)/t23?,29-/m1/s1. The van der Waals surface area contributed by atoms with Gasteiger partial charge in [0.25, 0.3) is 5.91 Å². The average molecular weight is 518 g/mol. The molecule has 0 saturated heterocycles. The molecule has 3 aromatic rings. The Balaban J connectivity index is 1.59. The first-order valence-corrected chi connectivity index (χ1v) is 11.9. The number of ether oxygens (including phenoxy) is 2. The molecule has 0 fully saturated rings. The number of fused-ring (bicyclic) bond motifs is 4. The zero-order valence-electron chi connectivity index (χ0n) is 21.1. The van der Waals surface area contributed by atoms with E-state index in [9.17, 15) is 28.7 Å². The van der Waals surface area contributed by atoms with E-state index in [1.54, 1.807) is 31.2 Å². The van der Waals surface area contributed by atoms with Crippen LogP contribution >= 0.6 is 0 Å². The van der Waals surface area contributed by atoms with E-state index in [0.29, 0.717) is 21.9 Å². The van der Waals surface area contributed by atoms with Crippen LogP contribution in [0.15, 0.2) is 48.2 Å². The fraction of sp³-hybridized carbons (Fsp3) is 0.241. The predicted molar refractivity (Wildman–Crippen MR) is 135 cm³/mol. The largest absolute Gasteiger partial charge is 0.507 e. The molecule has 1 heterocycles. The summed E-state index contributed by atoms with van der Waals surface area (Å²) in [6, 6.07) is 9.51. The van der Waals surface area contributed by atoms with E-state index >= 15 is 0 Å². The molecule has 1 aliphatic carbocycles. The van der Waals surface area contributed by atoms with Gasteiger partial charge in [0.05, 0.1) is 12.7 Å². The number of Topliss-reactive ketones (excluding diaryl/α,β-unsaturated/α-hetero) is 2. The van der Waals surface area contributed by atoms with Gasteiger partial charge < -0.3 is 19.9 Å². The zero-order valence-corrected chi connectivity index (χ0v) is 21.1. The Bertz CT molecular complexity index is 1620. The van der Waals surface area contributed by atoms with E-state index in [1.807, 2.05) is 0 Å². The summed E-state index contributed by atoms with van der Waals surface area (Å²) >= 11 is 0. The molecule has 0 spiro atoms. The zero-order chi connectivity index (χ0) is 27.5. The van der Waals surface area contributed by atoms with Crippen molar-refractivity contribution in [3.63, 3.8) is 0 Å². The summed E-state index contributed by atoms with van der Waals surface area (Å²) in [7, 11) is 1.30. The highest BCUT2D eigenvalue weighted by atomic mass is 19.1. The number of halogens is 1. The van der Waals surface area contributed by atoms with Gasteiger partial charge in [-0.05, 0) is 43.4 Å². The van der Waals surface area contributed by atoms with Crippen LogP contribution in [0.25, 0.3) is 10.8 Å². The Labute approximate surface area is 217 Å². The van der Waals surface area contributed by atoms with E-state index < -0.39 is 34.6 Å². The average Bonchev–Trinajstić information content (AvgIpc) is 3.17. The van der Waals surface area contributed by atoms with Gasteiger partial charge in [-0.1, -0.05) is 24.3 Å². The molecule has 8 nitrogen and oxygen atoms in total. The topological polar surface area (TPSA) is 119 Å². The number of ketones is 3. The quantitative estimate of drug-likeness (QED) is 0.494. The van der Waals surface area contributed by atoms with Crippen LogP contribution in [-0.4, -0.2) is 35.5 Å². The number of phenols is 1. The van der Waals surface area contributed by atoms with Crippen LogP contribution in [0.4, 0.5) is 4.39 Å². The summed E-state index contributed by atoms with van der Waals surface area (Å²) in [6.45, 7) is 4.36. The highest BCUT2D eigenvalue weighted by molar-refractivity contribution is 6.27. The van der Waals surface area contributed by atoms with Gasteiger partial charge in [-0.15, -0.1) is 0 Å². The number of aromatic hydroxyl groups is 1. The monoisotopic (exact) mass is 517 g/mol. The number of methoxy groups -OCH3 is 1. The number of amides is 1. The van der Waals surface area contributed by atoms with Gasteiger partial charge in [-0.2, -0.15) is 0 Å². The molecule has 0 bridgehead atoms. The second-order valence-corrected chi connectivity index (χ2v) is 9.61. The van der Waals surface area contributed by atoms with E-state index in [0.717, 1.165) is 13.0 Å². The van der Waals surface area contributed by atoms with Crippen LogP contribution in [-0.2, 0) is 26.3 Å². The number of hydrogen-bond acceptors (Lipinski definition) is 7. The lowest BCUT2D eigenvalue weighted by Crippen LogP contribution is -2.47. The third kappa shape index (κ3) is 3.49. The van der Waals surface area contributed by atoms with Crippen LogP contribution in [0, 0.1) is 18.7 Å². The number of carbonyl (C=O) groups excluding carboxylic acids is 4. The summed E-state index contributed by atoms with van der Waals surface area (Å²) in [4.78, 5) is 51.6. The molecule has 1 aliphatic heterocycles. The minimum Gasteiger partial charge on any atom is -0.507 e. The van der Waals surface area contributed by atoms with Gasteiger partial charge in [-0.25, -0.2) is 4.39 Å². The van der Waals surface area contributed by atoms with E-state index in [-0.39, 0.29) is 46.5 Å². The second kappa shape index (κ2) is 8.79. The highest BCUT2D eigenvalue weighted by Crippen LogP contribution is 2.56. The van der Waals surface area contributed by atoms with E-state index in [1.165, 1.54) is 26.2 Å². The number of carbonyl (C=O) groups is 4. The van der Waals surface area contributed by atoms with Crippen molar-refractivity contribution in [1.29, 1.82) is 0 Å². The molecule has 9 heteroatoms. The van der Waals surface area contributed by atoms with Crippen molar-refractivity contribution in [1.82, 2.24) is 5.32 Å². The molecule has 38 heavy (non-hydrogen) atoms. The molecule has 5 rings (SSSR count). The summed E-state index contributed by atoms with van der Waals surface area (Å²) in [5, 5.41) is 14.7. The van der Waals surface area contributed by atoms with Crippen molar-refractivity contribution in [3.05, 3.63) is 76.3 Å². The molecule has 3 aromatic carbocycles. The number of hydrogen-bond donors (Lipinski definition) is 2. The molecule has 2 aliphatic rings. The molecule has 0 aromatic heterocycles. The minimum absolute atomic E-state index is 0.0239.